The number of carbonyl (C=O) groups excluding carboxylic acids is 1. The molecule has 0 saturated carbocycles. The van der Waals surface area contributed by atoms with E-state index in [0.717, 1.165) is 11.1 Å². The Hall–Kier alpha value is -2.66. The fourth-order valence-electron chi connectivity index (χ4n) is 2.48. The van der Waals surface area contributed by atoms with E-state index in [0.29, 0.717) is 29.5 Å². The van der Waals surface area contributed by atoms with Crippen LogP contribution in [0.25, 0.3) is 11.3 Å². The fourth-order valence-corrected chi connectivity index (χ4v) is 2.71. The van der Waals surface area contributed by atoms with Crippen LogP contribution in [0, 0.1) is 0 Å². The summed E-state index contributed by atoms with van der Waals surface area (Å²) in [7, 11) is 0. The third-order valence-corrected chi connectivity index (χ3v) is 4.17. The molecule has 2 heterocycles. The van der Waals surface area contributed by atoms with E-state index in [1.54, 1.807) is 24.7 Å². The Morgan fingerprint density at radius 2 is 2.00 bits per heavy atom. The number of aromatic nitrogens is 2. The van der Waals surface area contributed by atoms with Crippen LogP contribution in [0.2, 0.25) is 5.02 Å². The van der Waals surface area contributed by atoms with Crippen LogP contribution < -0.4 is 5.32 Å². The highest BCUT2D eigenvalue weighted by atomic mass is 35.5. The Bertz CT molecular complexity index is 849. The van der Waals surface area contributed by atoms with Crippen LogP contribution in [0.1, 0.15) is 30.8 Å². The second-order valence-corrected chi connectivity index (χ2v) is 6.08. The smallest absolute Gasteiger partial charge is 0.220 e. The lowest BCUT2D eigenvalue weighted by Crippen LogP contribution is -2.26. The zero-order chi connectivity index (χ0) is 17.6. The number of oxazole rings is 1. The van der Waals surface area contributed by atoms with Crippen molar-refractivity contribution >= 4 is 17.5 Å². The van der Waals surface area contributed by atoms with Gasteiger partial charge in [-0.05, 0) is 36.8 Å². The zero-order valence-electron chi connectivity index (χ0n) is 13.8. The highest BCUT2D eigenvalue weighted by Gasteiger charge is 2.13. The van der Waals surface area contributed by atoms with Gasteiger partial charge in [-0.3, -0.25) is 9.78 Å². The Kier molecular flexibility index (Phi) is 5.46. The van der Waals surface area contributed by atoms with Crippen molar-refractivity contribution in [2.45, 2.75) is 25.8 Å². The number of rotatable bonds is 6. The van der Waals surface area contributed by atoms with E-state index in [9.17, 15) is 4.79 Å². The molecule has 0 aliphatic carbocycles. The monoisotopic (exact) mass is 355 g/mol. The Morgan fingerprint density at radius 3 is 2.76 bits per heavy atom. The van der Waals surface area contributed by atoms with Crippen molar-refractivity contribution < 1.29 is 9.21 Å². The molecule has 5 nitrogen and oxygen atoms in total. The fraction of sp³-hybridized carbons (Fsp3) is 0.211. The molecular weight excluding hydrogens is 338 g/mol. The van der Waals surface area contributed by atoms with Crippen LogP contribution in [0.15, 0.2) is 59.4 Å². The van der Waals surface area contributed by atoms with Gasteiger partial charge in [0.25, 0.3) is 0 Å². The van der Waals surface area contributed by atoms with Gasteiger partial charge in [-0.2, -0.15) is 0 Å². The summed E-state index contributed by atoms with van der Waals surface area (Å²) in [5.74, 6) is 1.06. The van der Waals surface area contributed by atoms with Crippen molar-refractivity contribution in [3.63, 3.8) is 0 Å². The van der Waals surface area contributed by atoms with E-state index in [-0.39, 0.29) is 11.9 Å². The van der Waals surface area contributed by atoms with E-state index < -0.39 is 0 Å². The number of benzene rings is 1. The maximum atomic E-state index is 12.1. The number of amides is 1. The van der Waals surface area contributed by atoms with Crippen LogP contribution in [0.4, 0.5) is 0 Å². The molecule has 1 amide bonds. The molecule has 0 radical (unpaired) electrons. The van der Waals surface area contributed by atoms with Gasteiger partial charge in [0.2, 0.25) is 5.91 Å². The molecule has 6 heteroatoms. The summed E-state index contributed by atoms with van der Waals surface area (Å²) in [4.78, 5) is 20.3. The molecule has 0 bridgehead atoms. The molecule has 0 spiro atoms. The van der Waals surface area contributed by atoms with Gasteiger partial charge in [-0.15, -0.1) is 0 Å². The Morgan fingerprint density at radius 1 is 1.24 bits per heavy atom. The summed E-state index contributed by atoms with van der Waals surface area (Å²) >= 11 is 6.15. The van der Waals surface area contributed by atoms with Gasteiger partial charge in [-0.1, -0.05) is 23.7 Å². The number of hydrogen-bond acceptors (Lipinski definition) is 4. The molecule has 1 aromatic carbocycles. The molecule has 128 valence electrons. The van der Waals surface area contributed by atoms with E-state index in [1.165, 1.54) is 0 Å². The standard InChI is InChI=1S/C19H18ClN3O2/c1-13(14-8-10-21-11-9-14)23-18(24)6-7-19-22-12-17(25-19)15-4-2-3-5-16(15)20/h2-5,8-13H,6-7H2,1H3,(H,23,24). The lowest BCUT2D eigenvalue weighted by molar-refractivity contribution is -0.121. The van der Waals surface area contributed by atoms with Crippen LogP contribution >= 0.6 is 11.6 Å². The summed E-state index contributed by atoms with van der Waals surface area (Å²) in [6.07, 6.45) is 5.79. The quantitative estimate of drug-likeness (QED) is 0.719. The highest BCUT2D eigenvalue weighted by Crippen LogP contribution is 2.28. The first kappa shape index (κ1) is 17.2. The molecule has 1 unspecified atom stereocenters. The number of carbonyl (C=O) groups is 1. The third kappa shape index (κ3) is 4.45. The maximum absolute atomic E-state index is 12.1. The lowest BCUT2D eigenvalue weighted by Gasteiger charge is -2.13. The Labute approximate surface area is 151 Å². The van der Waals surface area contributed by atoms with Gasteiger partial charge in [0.05, 0.1) is 17.3 Å². The number of pyridine rings is 1. The van der Waals surface area contributed by atoms with Crippen molar-refractivity contribution in [3.8, 4) is 11.3 Å². The normalized spacial score (nSPS) is 11.9. The van der Waals surface area contributed by atoms with Crippen molar-refractivity contribution in [3.05, 3.63) is 71.5 Å². The zero-order valence-corrected chi connectivity index (χ0v) is 14.5. The predicted molar refractivity (Wildman–Crippen MR) is 96.1 cm³/mol. The molecule has 1 atom stereocenters. The maximum Gasteiger partial charge on any atom is 0.220 e. The first-order valence-electron chi connectivity index (χ1n) is 8.02. The van der Waals surface area contributed by atoms with Crippen LogP contribution in [-0.2, 0) is 11.2 Å². The molecule has 0 aliphatic rings. The Balaban J connectivity index is 1.55. The molecule has 25 heavy (non-hydrogen) atoms. The summed E-state index contributed by atoms with van der Waals surface area (Å²) in [5.41, 5.74) is 1.80. The van der Waals surface area contributed by atoms with Crippen LogP contribution in [0.3, 0.4) is 0 Å². The molecular formula is C19H18ClN3O2. The minimum absolute atomic E-state index is 0.0539. The summed E-state index contributed by atoms with van der Waals surface area (Å²) in [6.45, 7) is 1.94. The minimum Gasteiger partial charge on any atom is -0.441 e. The summed E-state index contributed by atoms with van der Waals surface area (Å²) in [5, 5.41) is 3.56. The summed E-state index contributed by atoms with van der Waals surface area (Å²) in [6, 6.07) is 11.1. The SMILES string of the molecule is CC(NC(=O)CCc1ncc(-c2ccccc2Cl)o1)c1ccncc1. The molecule has 1 N–H and O–H groups in total. The highest BCUT2D eigenvalue weighted by molar-refractivity contribution is 6.33. The molecule has 0 fully saturated rings. The molecule has 2 aromatic heterocycles. The van der Waals surface area contributed by atoms with E-state index in [1.807, 2.05) is 37.3 Å². The van der Waals surface area contributed by atoms with Crippen molar-refractivity contribution in [2.24, 2.45) is 0 Å². The van der Waals surface area contributed by atoms with E-state index >= 15 is 0 Å². The average molecular weight is 356 g/mol. The number of nitrogens with zero attached hydrogens (tertiary/aromatic N) is 2. The van der Waals surface area contributed by atoms with Crippen molar-refractivity contribution in [2.75, 3.05) is 0 Å². The molecule has 0 aliphatic heterocycles. The van der Waals surface area contributed by atoms with Gasteiger partial charge in [-0.25, -0.2) is 4.98 Å². The average Bonchev–Trinajstić information content (AvgIpc) is 3.10. The number of hydrogen-bond donors (Lipinski definition) is 1. The second-order valence-electron chi connectivity index (χ2n) is 5.67. The topological polar surface area (TPSA) is 68.0 Å². The van der Waals surface area contributed by atoms with Gasteiger partial charge in [0.15, 0.2) is 11.7 Å². The van der Waals surface area contributed by atoms with E-state index in [2.05, 4.69) is 15.3 Å². The third-order valence-electron chi connectivity index (χ3n) is 3.84. The number of halogens is 1. The second kappa shape index (κ2) is 7.94. The molecule has 3 aromatic rings. The number of aryl methyl sites for hydroxylation is 1. The predicted octanol–water partition coefficient (Wildman–Crippen LogP) is 4.20. The van der Waals surface area contributed by atoms with Crippen molar-refractivity contribution in [1.82, 2.24) is 15.3 Å². The lowest BCUT2D eigenvalue weighted by atomic mass is 10.1. The van der Waals surface area contributed by atoms with Gasteiger partial charge in [0, 0.05) is 30.8 Å². The van der Waals surface area contributed by atoms with Gasteiger partial charge < -0.3 is 9.73 Å². The number of nitrogens with one attached hydrogen (secondary N) is 1. The first-order valence-corrected chi connectivity index (χ1v) is 8.40. The van der Waals surface area contributed by atoms with Crippen LogP contribution in [-0.4, -0.2) is 15.9 Å². The van der Waals surface area contributed by atoms with Crippen LogP contribution in [0.5, 0.6) is 0 Å². The molecule has 3 rings (SSSR count). The van der Waals surface area contributed by atoms with Gasteiger partial charge in [0.1, 0.15) is 0 Å². The minimum atomic E-state index is -0.0706. The first-order chi connectivity index (χ1) is 12.1. The van der Waals surface area contributed by atoms with Gasteiger partial charge >= 0.3 is 0 Å². The molecule has 0 saturated heterocycles. The largest absolute Gasteiger partial charge is 0.441 e. The summed E-state index contributed by atoms with van der Waals surface area (Å²) < 4.78 is 5.71. The van der Waals surface area contributed by atoms with E-state index in [4.69, 9.17) is 16.0 Å². The van der Waals surface area contributed by atoms with Crippen molar-refractivity contribution in [1.29, 1.82) is 0 Å².